The first-order chi connectivity index (χ1) is 9.99. The predicted molar refractivity (Wildman–Crippen MR) is 73.2 cm³/mol. The molecule has 2 aromatic rings. The second-order valence-corrected chi connectivity index (χ2v) is 6.00. The van der Waals surface area contributed by atoms with Crippen LogP contribution >= 0.6 is 0 Å². The highest BCUT2D eigenvalue weighted by Crippen LogP contribution is 2.09. The molecule has 2 aromatic heterocycles. The standard InChI is InChI=1S/C12H14N4O4S/c17-12(18)10-7-11(9-13-8-10)21(19,20)15-4-2-6-16-5-1-3-14-16/h1,3,5,7-9,15H,2,4,6H2,(H,17,18). The third-order valence-electron chi connectivity index (χ3n) is 2.69. The van der Waals surface area contributed by atoms with Crippen molar-refractivity contribution in [2.24, 2.45) is 0 Å². The largest absolute Gasteiger partial charge is 0.478 e. The summed E-state index contributed by atoms with van der Waals surface area (Å²) in [5.41, 5.74) is -0.172. The van der Waals surface area contributed by atoms with Crippen LogP contribution in [0.1, 0.15) is 16.8 Å². The molecule has 8 nitrogen and oxygen atoms in total. The summed E-state index contributed by atoms with van der Waals surface area (Å²) in [5.74, 6) is -1.22. The summed E-state index contributed by atoms with van der Waals surface area (Å²) < 4.78 is 28.1. The first kappa shape index (κ1) is 15.1. The van der Waals surface area contributed by atoms with Crippen LogP contribution in [0.15, 0.2) is 41.8 Å². The smallest absolute Gasteiger partial charge is 0.337 e. The van der Waals surface area contributed by atoms with E-state index < -0.39 is 16.0 Å². The third-order valence-corrected chi connectivity index (χ3v) is 4.11. The number of hydrogen-bond donors (Lipinski definition) is 2. The minimum Gasteiger partial charge on any atom is -0.478 e. The first-order valence-corrected chi connectivity index (χ1v) is 7.63. The van der Waals surface area contributed by atoms with Gasteiger partial charge >= 0.3 is 5.97 Å². The Balaban J connectivity index is 1.95. The normalized spacial score (nSPS) is 11.4. The van der Waals surface area contributed by atoms with Gasteiger partial charge < -0.3 is 5.11 Å². The molecular weight excluding hydrogens is 296 g/mol. The Labute approximate surface area is 121 Å². The fraction of sp³-hybridized carbons (Fsp3) is 0.250. The maximum atomic E-state index is 12.0. The van der Waals surface area contributed by atoms with E-state index in [9.17, 15) is 13.2 Å². The lowest BCUT2D eigenvalue weighted by molar-refractivity contribution is 0.0696. The molecule has 0 radical (unpaired) electrons. The minimum atomic E-state index is -3.76. The third kappa shape index (κ3) is 4.10. The molecule has 0 aliphatic heterocycles. The zero-order valence-electron chi connectivity index (χ0n) is 11.0. The van der Waals surface area contributed by atoms with Crippen LogP contribution < -0.4 is 4.72 Å². The maximum Gasteiger partial charge on any atom is 0.337 e. The van der Waals surface area contributed by atoms with Crippen LogP contribution in [0.3, 0.4) is 0 Å². The Kier molecular flexibility index (Phi) is 4.66. The van der Waals surface area contributed by atoms with Gasteiger partial charge in [-0.25, -0.2) is 17.9 Å². The van der Waals surface area contributed by atoms with Gasteiger partial charge in [0.25, 0.3) is 0 Å². The number of pyridine rings is 1. The number of rotatable bonds is 7. The van der Waals surface area contributed by atoms with Crippen molar-refractivity contribution in [3.63, 3.8) is 0 Å². The van der Waals surface area contributed by atoms with E-state index in [1.54, 1.807) is 23.1 Å². The number of aromatic carboxylic acids is 1. The second-order valence-electron chi connectivity index (χ2n) is 4.23. The van der Waals surface area contributed by atoms with Crippen LogP contribution in [0.25, 0.3) is 0 Å². The molecule has 0 bridgehead atoms. The lowest BCUT2D eigenvalue weighted by Crippen LogP contribution is -2.26. The summed E-state index contributed by atoms with van der Waals surface area (Å²) in [6.07, 6.45) is 6.20. The highest BCUT2D eigenvalue weighted by molar-refractivity contribution is 7.89. The summed E-state index contributed by atoms with van der Waals surface area (Å²) in [6.45, 7) is 0.808. The molecule has 2 rings (SSSR count). The number of nitrogens with zero attached hydrogens (tertiary/aromatic N) is 3. The molecule has 0 saturated heterocycles. The molecule has 0 spiro atoms. The van der Waals surface area contributed by atoms with Crippen LogP contribution in [-0.4, -0.2) is 40.8 Å². The van der Waals surface area contributed by atoms with Gasteiger partial charge in [0.1, 0.15) is 4.90 Å². The number of sulfonamides is 1. The molecule has 0 aliphatic carbocycles. The van der Waals surface area contributed by atoms with E-state index in [-0.39, 0.29) is 17.0 Å². The predicted octanol–water partition coefficient (Wildman–Crippen LogP) is 0.345. The first-order valence-electron chi connectivity index (χ1n) is 6.14. The van der Waals surface area contributed by atoms with Crippen molar-refractivity contribution in [2.45, 2.75) is 17.9 Å². The van der Waals surface area contributed by atoms with Crippen molar-refractivity contribution >= 4 is 16.0 Å². The zero-order valence-corrected chi connectivity index (χ0v) is 11.8. The van der Waals surface area contributed by atoms with Gasteiger partial charge in [0.15, 0.2) is 0 Å². The van der Waals surface area contributed by atoms with Crippen molar-refractivity contribution in [1.82, 2.24) is 19.5 Å². The highest BCUT2D eigenvalue weighted by atomic mass is 32.2. The van der Waals surface area contributed by atoms with Crippen LogP contribution in [-0.2, 0) is 16.6 Å². The average molecular weight is 310 g/mol. The summed E-state index contributed by atoms with van der Waals surface area (Å²) in [5, 5.41) is 12.8. The number of aromatic nitrogens is 3. The summed E-state index contributed by atoms with van der Waals surface area (Å²) in [7, 11) is -3.76. The Bertz CT molecular complexity index is 713. The molecule has 0 aliphatic rings. The molecule has 9 heteroatoms. The van der Waals surface area contributed by atoms with E-state index in [4.69, 9.17) is 5.11 Å². The molecule has 0 atom stereocenters. The van der Waals surface area contributed by atoms with Crippen molar-refractivity contribution in [1.29, 1.82) is 0 Å². The van der Waals surface area contributed by atoms with Crippen molar-refractivity contribution in [3.05, 3.63) is 42.5 Å². The summed E-state index contributed by atoms with van der Waals surface area (Å²) in [4.78, 5) is 14.3. The van der Waals surface area contributed by atoms with Crippen LogP contribution in [0.2, 0.25) is 0 Å². The van der Waals surface area contributed by atoms with Crippen molar-refractivity contribution in [3.8, 4) is 0 Å². The quantitative estimate of drug-likeness (QED) is 0.713. The molecule has 21 heavy (non-hydrogen) atoms. The Morgan fingerprint density at radius 1 is 1.38 bits per heavy atom. The molecular formula is C12H14N4O4S. The van der Waals surface area contributed by atoms with Crippen LogP contribution in [0.4, 0.5) is 0 Å². The number of aryl methyl sites for hydroxylation is 1. The Morgan fingerprint density at radius 3 is 2.86 bits per heavy atom. The van der Waals surface area contributed by atoms with E-state index in [0.717, 1.165) is 18.5 Å². The monoisotopic (exact) mass is 310 g/mol. The lowest BCUT2D eigenvalue weighted by Gasteiger charge is -2.07. The number of nitrogens with one attached hydrogen (secondary N) is 1. The Hall–Kier alpha value is -2.26. The molecule has 0 unspecified atom stereocenters. The van der Waals surface area contributed by atoms with Crippen molar-refractivity contribution in [2.75, 3.05) is 6.54 Å². The topological polar surface area (TPSA) is 114 Å². The van der Waals surface area contributed by atoms with E-state index in [1.807, 2.05) is 0 Å². The van der Waals surface area contributed by atoms with E-state index in [2.05, 4.69) is 14.8 Å². The Morgan fingerprint density at radius 2 is 2.19 bits per heavy atom. The second kappa shape index (κ2) is 6.46. The lowest BCUT2D eigenvalue weighted by atomic mass is 10.3. The minimum absolute atomic E-state index is 0.165. The van der Waals surface area contributed by atoms with E-state index >= 15 is 0 Å². The van der Waals surface area contributed by atoms with Gasteiger partial charge in [-0.2, -0.15) is 5.10 Å². The number of carbonyl (C=O) groups is 1. The van der Waals surface area contributed by atoms with E-state index in [0.29, 0.717) is 13.0 Å². The molecule has 2 N–H and O–H groups in total. The molecule has 0 amide bonds. The maximum absolute atomic E-state index is 12.0. The fourth-order valence-corrected chi connectivity index (χ4v) is 2.71. The number of hydrogen-bond acceptors (Lipinski definition) is 5. The van der Waals surface area contributed by atoms with Crippen LogP contribution in [0.5, 0.6) is 0 Å². The molecule has 0 saturated carbocycles. The fourth-order valence-electron chi connectivity index (χ4n) is 1.65. The average Bonchev–Trinajstić information content (AvgIpc) is 2.97. The van der Waals surface area contributed by atoms with E-state index in [1.165, 1.54) is 0 Å². The van der Waals surface area contributed by atoms with Gasteiger partial charge in [-0.1, -0.05) is 0 Å². The number of carboxylic acid groups (broad SMARTS) is 1. The van der Waals surface area contributed by atoms with Gasteiger partial charge in [-0.15, -0.1) is 0 Å². The van der Waals surface area contributed by atoms with Crippen LogP contribution in [0, 0.1) is 0 Å². The van der Waals surface area contributed by atoms with Gasteiger partial charge in [0, 0.05) is 37.9 Å². The summed E-state index contributed by atoms with van der Waals surface area (Å²) >= 11 is 0. The zero-order chi connectivity index (χ0) is 15.3. The molecule has 112 valence electrons. The SMILES string of the molecule is O=C(O)c1cncc(S(=O)(=O)NCCCn2cccn2)c1. The molecule has 0 aromatic carbocycles. The van der Waals surface area contributed by atoms with Gasteiger partial charge in [-0.3, -0.25) is 9.67 Å². The van der Waals surface area contributed by atoms with Crippen molar-refractivity contribution < 1.29 is 18.3 Å². The molecule has 0 fully saturated rings. The molecule has 2 heterocycles. The van der Waals surface area contributed by atoms with Gasteiger partial charge in [-0.05, 0) is 18.6 Å². The van der Waals surface area contributed by atoms with Gasteiger partial charge in [0.05, 0.1) is 5.56 Å². The highest BCUT2D eigenvalue weighted by Gasteiger charge is 2.16. The van der Waals surface area contributed by atoms with Gasteiger partial charge in [0.2, 0.25) is 10.0 Å². The summed E-state index contributed by atoms with van der Waals surface area (Å²) in [6, 6.07) is 2.86. The number of carboxylic acids is 1.